The Morgan fingerprint density at radius 2 is 2.00 bits per heavy atom. The molecule has 27 heavy (non-hydrogen) atoms. The quantitative estimate of drug-likeness (QED) is 0.808. The molecule has 1 aliphatic rings. The van der Waals surface area contributed by atoms with Crippen molar-refractivity contribution in [2.24, 2.45) is 0 Å². The van der Waals surface area contributed by atoms with Crippen LogP contribution in [0, 0.1) is 11.3 Å². The van der Waals surface area contributed by atoms with Gasteiger partial charge in [0.15, 0.2) is 0 Å². The molecule has 1 aliphatic heterocycles. The molecule has 0 saturated carbocycles. The van der Waals surface area contributed by atoms with E-state index < -0.39 is 5.60 Å². The average molecular weight is 364 g/mol. The van der Waals surface area contributed by atoms with Gasteiger partial charge in [-0.1, -0.05) is 18.2 Å². The highest BCUT2D eigenvalue weighted by molar-refractivity contribution is 5.68. The van der Waals surface area contributed by atoms with E-state index in [0.717, 1.165) is 23.3 Å². The van der Waals surface area contributed by atoms with Gasteiger partial charge in [0.05, 0.1) is 11.6 Å². The van der Waals surface area contributed by atoms with Crippen molar-refractivity contribution in [2.45, 2.75) is 45.9 Å². The first-order valence-corrected chi connectivity index (χ1v) is 9.05. The van der Waals surface area contributed by atoms with Crippen LogP contribution in [0.25, 0.3) is 0 Å². The molecule has 1 amide bonds. The fraction of sp³-hybridized carbons (Fsp3) is 0.364. The van der Waals surface area contributed by atoms with Gasteiger partial charge in [0.25, 0.3) is 0 Å². The largest absolute Gasteiger partial charge is 0.489 e. The number of hydrogen-bond donors (Lipinski definition) is 0. The average Bonchev–Trinajstić information content (AvgIpc) is 2.64. The smallest absolute Gasteiger partial charge is 0.410 e. The highest BCUT2D eigenvalue weighted by atomic mass is 16.6. The first-order valence-electron chi connectivity index (χ1n) is 9.05. The van der Waals surface area contributed by atoms with Crippen molar-refractivity contribution >= 4 is 6.09 Å². The molecule has 0 atom stereocenters. The maximum atomic E-state index is 12.3. The zero-order valence-corrected chi connectivity index (χ0v) is 16.0. The van der Waals surface area contributed by atoms with Gasteiger partial charge in [0.1, 0.15) is 18.0 Å². The molecule has 0 N–H and O–H groups in total. The minimum atomic E-state index is -0.500. The van der Waals surface area contributed by atoms with Gasteiger partial charge in [-0.2, -0.15) is 5.26 Å². The van der Waals surface area contributed by atoms with E-state index in [4.69, 9.17) is 14.7 Å². The predicted octanol–water partition coefficient (Wildman–Crippen LogP) is 4.43. The SMILES string of the molecule is CC(C)(C)OC(=O)N1CCc2ccc(OCc3cccc(C#N)c3)cc2C1. The molecular weight excluding hydrogens is 340 g/mol. The zero-order chi connectivity index (χ0) is 19.4. The summed E-state index contributed by atoms with van der Waals surface area (Å²) in [5, 5.41) is 8.99. The van der Waals surface area contributed by atoms with Gasteiger partial charge >= 0.3 is 6.09 Å². The second-order valence-electron chi connectivity index (χ2n) is 7.68. The Bertz CT molecular complexity index is 878. The highest BCUT2D eigenvalue weighted by Gasteiger charge is 2.25. The van der Waals surface area contributed by atoms with Gasteiger partial charge < -0.3 is 14.4 Å². The van der Waals surface area contributed by atoms with Crippen LogP contribution in [0.3, 0.4) is 0 Å². The molecule has 0 bridgehead atoms. The summed E-state index contributed by atoms with van der Waals surface area (Å²) >= 11 is 0. The maximum Gasteiger partial charge on any atom is 0.410 e. The minimum absolute atomic E-state index is 0.284. The Morgan fingerprint density at radius 3 is 2.74 bits per heavy atom. The van der Waals surface area contributed by atoms with Crippen LogP contribution >= 0.6 is 0 Å². The molecule has 0 fully saturated rings. The van der Waals surface area contributed by atoms with Crippen molar-refractivity contribution in [3.05, 3.63) is 64.7 Å². The molecule has 0 aromatic heterocycles. The molecule has 0 aliphatic carbocycles. The number of ether oxygens (including phenoxy) is 2. The molecule has 0 spiro atoms. The van der Waals surface area contributed by atoms with Crippen LogP contribution in [0.5, 0.6) is 5.75 Å². The maximum absolute atomic E-state index is 12.3. The lowest BCUT2D eigenvalue weighted by Crippen LogP contribution is -2.39. The number of fused-ring (bicyclic) bond motifs is 1. The van der Waals surface area contributed by atoms with Crippen LogP contribution in [0.15, 0.2) is 42.5 Å². The summed E-state index contributed by atoms with van der Waals surface area (Å²) in [6, 6.07) is 15.5. The molecule has 2 aromatic carbocycles. The summed E-state index contributed by atoms with van der Waals surface area (Å²) in [5.74, 6) is 0.752. The Kier molecular flexibility index (Phi) is 5.36. The van der Waals surface area contributed by atoms with E-state index >= 15 is 0 Å². The van der Waals surface area contributed by atoms with E-state index in [2.05, 4.69) is 12.1 Å². The van der Waals surface area contributed by atoms with Crippen LogP contribution in [0.2, 0.25) is 0 Å². The topological polar surface area (TPSA) is 62.6 Å². The van der Waals surface area contributed by atoms with Gasteiger partial charge in [0, 0.05) is 13.1 Å². The van der Waals surface area contributed by atoms with E-state index in [9.17, 15) is 4.79 Å². The molecule has 5 nitrogen and oxygen atoms in total. The molecule has 1 heterocycles. The normalized spacial score (nSPS) is 13.5. The standard InChI is InChI=1S/C22H24N2O3/c1-22(2,3)27-21(25)24-10-9-18-7-8-20(12-19(18)14-24)26-15-17-6-4-5-16(11-17)13-23/h4-8,11-12H,9-10,14-15H2,1-3H3. The van der Waals surface area contributed by atoms with E-state index in [1.165, 1.54) is 5.56 Å². The van der Waals surface area contributed by atoms with Gasteiger partial charge in [-0.25, -0.2) is 4.79 Å². The summed E-state index contributed by atoms with van der Waals surface area (Å²) < 4.78 is 11.4. The summed E-state index contributed by atoms with van der Waals surface area (Å²) in [7, 11) is 0. The van der Waals surface area contributed by atoms with E-state index in [0.29, 0.717) is 25.3 Å². The van der Waals surface area contributed by atoms with Crippen molar-refractivity contribution in [3.63, 3.8) is 0 Å². The number of carbonyl (C=O) groups is 1. The molecule has 5 heteroatoms. The van der Waals surface area contributed by atoms with Gasteiger partial charge in [-0.15, -0.1) is 0 Å². The van der Waals surface area contributed by atoms with E-state index in [-0.39, 0.29) is 6.09 Å². The van der Waals surface area contributed by atoms with E-state index in [1.54, 1.807) is 11.0 Å². The Labute approximate surface area is 160 Å². The fourth-order valence-electron chi connectivity index (χ4n) is 3.00. The zero-order valence-electron chi connectivity index (χ0n) is 16.0. The third-order valence-corrected chi connectivity index (χ3v) is 4.30. The van der Waals surface area contributed by atoms with Crippen LogP contribution in [0.1, 0.15) is 43.0 Å². The molecule has 3 rings (SSSR count). The third-order valence-electron chi connectivity index (χ3n) is 4.30. The lowest BCUT2D eigenvalue weighted by molar-refractivity contribution is 0.0223. The molecule has 140 valence electrons. The summed E-state index contributed by atoms with van der Waals surface area (Å²) in [5.41, 5.74) is 3.38. The lowest BCUT2D eigenvalue weighted by atomic mass is 10.00. The van der Waals surface area contributed by atoms with Crippen molar-refractivity contribution in [1.82, 2.24) is 4.90 Å². The molecule has 0 unspecified atom stereocenters. The van der Waals surface area contributed by atoms with Gasteiger partial charge in [-0.05, 0) is 68.1 Å². The number of nitriles is 1. The molecule has 0 radical (unpaired) electrons. The Hall–Kier alpha value is -3.00. The summed E-state index contributed by atoms with van der Waals surface area (Å²) in [4.78, 5) is 14.1. The number of rotatable bonds is 3. The van der Waals surface area contributed by atoms with Crippen molar-refractivity contribution in [2.75, 3.05) is 6.54 Å². The second-order valence-corrected chi connectivity index (χ2v) is 7.68. The first kappa shape index (κ1) is 18.8. The Balaban J connectivity index is 1.67. The first-order chi connectivity index (χ1) is 12.8. The number of carbonyl (C=O) groups excluding carboxylic acids is 1. The minimum Gasteiger partial charge on any atom is -0.489 e. The summed E-state index contributed by atoms with van der Waals surface area (Å²) in [6.07, 6.45) is 0.520. The van der Waals surface area contributed by atoms with Crippen LogP contribution in [-0.4, -0.2) is 23.1 Å². The van der Waals surface area contributed by atoms with Crippen LogP contribution in [0.4, 0.5) is 4.79 Å². The number of amides is 1. The van der Waals surface area contributed by atoms with Gasteiger partial charge in [0.2, 0.25) is 0 Å². The van der Waals surface area contributed by atoms with E-state index in [1.807, 2.05) is 51.1 Å². The van der Waals surface area contributed by atoms with Crippen molar-refractivity contribution in [1.29, 1.82) is 5.26 Å². The number of hydrogen-bond acceptors (Lipinski definition) is 4. The molecule has 2 aromatic rings. The van der Waals surface area contributed by atoms with Crippen molar-refractivity contribution in [3.8, 4) is 11.8 Å². The van der Waals surface area contributed by atoms with Crippen LogP contribution < -0.4 is 4.74 Å². The lowest BCUT2D eigenvalue weighted by Gasteiger charge is -2.31. The van der Waals surface area contributed by atoms with Crippen LogP contribution in [-0.2, 0) is 24.3 Å². The predicted molar refractivity (Wildman–Crippen MR) is 102 cm³/mol. The van der Waals surface area contributed by atoms with Gasteiger partial charge in [-0.3, -0.25) is 0 Å². The number of benzene rings is 2. The summed E-state index contributed by atoms with van der Waals surface area (Å²) in [6.45, 7) is 7.18. The fourth-order valence-corrected chi connectivity index (χ4v) is 3.00. The molecule has 0 saturated heterocycles. The Morgan fingerprint density at radius 1 is 1.19 bits per heavy atom. The van der Waals surface area contributed by atoms with Crippen molar-refractivity contribution < 1.29 is 14.3 Å². The highest BCUT2D eigenvalue weighted by Crippen LogP contribution is 2.25. The monoisotopic (exact) mass is 364 g/mol. The second kappa shape index (κ2) is 7.71. The molecular formula is C22H24N2O3. The third kappa shape index (κ3) is 5.01. The number of nitrogens with zero attached hydrogens (tertiary/aromatic N) is 2.